The summed E-state index contributed by atoms with van der Waals surface area (Å²) in [4.78, 5) is 15.8. The number of nitrogens with zero attached hydrogens (tertiary/aromatic N) is 2. The summed E-state index contributed by atoms with van der Waals surface area (Å²) in [6.07, 6.45) is 0.754. The van der Waals surface area contributed by atoms with E-state index < -0.39 is 0 Å². The maximum Gasteiger partial charge on any atom is 0.239 e. The van der Waals surface area contributed by atoms with E-state index in [2.05, 4.69) is 4.90 Å². The zero-order chi connectivity index (χ0) is 10.6. The lowest BCUT2D eigenvalue weighted by atomic mass is 10.1. The predicted octanol–water partition coefficient (Wildman–Crippen LogP) is -0.0786. The Morgan fingerprint density at radius 1 is 1.50 bits per heavy atom. The topological polar surface area (TPSA) is 43.8 Å². The van der Waals surface area contributed by atoms with Gasteiger partial charge in [0.05, 0.1) is 6.04 Å². The molecular weight excluding hydrogens is 180 g/mol. The molecular formula is C10H20N2O2. The van der Waals surface area contributed by atoms with E-state index in [9.17, 15) is 4.79 Å². The molecule has 0 aromatic rings. The van der Waals surface area contributed by atoms with E-state index in [1.54, 1.807) is 0 Å². The number of hydrogen-bond donors (Lipinski definition) is 1. The lowest BCUT2D eigenvalue weighted by Crippen LogP contribution is -2.55. The predicted molar refractivity (Wildman–Crippen MR) is 55.0 cm³/mol. The summed E-state index contributed by atoms with van der Waals surface area (Å²) in [6, 6.07) is -0.0183. The van der Waals surface area contributed by atoms with E-state index in [1.165, 1.54) is 0 Å². The van der Waals surface area contributed by atoms with Gasteiger partial charge in [0, 0.05) is 32.8 Å². The van der Waals surface area contributed by atoms with E-state index >= 15 is 0 Å². The molecule has 0 aromatic heterocycles. The molecule has 1 rings (SSSR count). The standard InChI is InChI=1S/C10H20N2O2/c1-3-11-6-7-12(5-4-8-13)9(2)10(11)14/h9,13H,3-8H2,1-2H3. The fraction of sp³-hybridized carbons (Fsp3) is 0.900. The summed E-state index contributed by atoms with van der Waals surface area (Å²) < 4.78 is 0. The van der Waals surface area contributed by atoms with Crippen LogP contribution in [0.5, 0.6) is 0 Å². The van der Waals surface area contributed by atoms with Gasteiger partial charge in [-0.05, 0) is 20.3 Å². The zero-order valence-electron chi connectivity index (χ0n) is 9.07. The van der Waals surface area contributed by atoms with Crippen LogP contribution in [-0.4, -0.2) is 59.6 Å². The third kappa shape index (κ3) is 2.45. The molecule has 1 fully saturated rings. The van der Waals surface area contributed by atoms with Crippen LogP contribution in [0.3, 0.4) is 0 Å². The van der Waals surface area contributed by atoms with Crippen LogP contribution in [0.15, 0.2) is 0 Å². The van der Waals surface area contributed by atoms with Crippen LogP contribution in [0.2, 0.25) is 0 Å². The van der Waals surface area contributed by atoms with Gasteiger partial charge in [0.25, 0.3) is 0 Å². The van der Waals surface area contributed by atoms with Gasteiger partial charge >= 0.3 is 0 Å². The quantitative estimate of drug-likeness (QED) is 0.690. The molecule has 1 unspecified atom stereocenters. The molecule has 14 heavy (non-hydrogen) atoms. The number of rotatable bonds is 4. The molecule has 0 radical (unpaired) electrons. The van der Waals surface area contributed by atoms with Crippen molar-refractivity contribution in [2.24, 2.45) is 0 Å². The largest absolute Gasteiger partial charge is 0.396 e. The molecule has 0 bridgehead atoms. The van der Waals surface area contributed by atoms with E-state index in [-0.39, 0.29) is 18.6 Å². The van der Waals surface area contributed by atoms with Crippen molar-refractivity contribution in [1.82, 2.24) is 9.80 Å². The Balaban J connectivity index is 2.46. The maximum atomic E-state index is 11.8. The van der Waals surface area contributed by atoms with Gasteiger partial charge < -0.3 is 10.0 Å². The zero-order valence-corrected chi connectivity index (χ0v) is 9.07. The third-order valence-corrected chi connectivity index (χ3v) is 2.86. The molecule has 1 aliphatic heterocycles. The Morgan fingerprint density at radius 2 is 2.21 bits per heavy atom. The Bertz CT molecular complexity index is 197. The first kappa shape index (κ1) is 11.5. The third-order valence-electron chi connectivity index (χ3n) is 2.86. The van der Waals surface area contributed by atoms with Crippen LogP contribution in [0.4, 0.5) is 0 Å². The van der Waals surface area contributed by atoms with Crippen molar-refractivity contribution in [3.8, 4) is 0 Å². The SMILES string of the molecule is CCN1CCN(CCCO)C(C)C1=O. The minimum atomic E-state index is -0.0183. The van der Waals surface area contributed by atoms with Crippen LogP contribution in [0, 0.1) is 0 Å². The number of likely N-dealkylation sites (N-methyl/N-ethyl adjacent to an activating group) is 1. The number of aliphatic hydroxyl groups excluding tert-OH is 1. The van der Waals surface area contributed by atoms with Crippen molar-refractivity contribution in [3.05, 3.63) is 0 Å². The van der Waals surface area contributed by atoms with Gasteiger partial charge in [-0.15, -0.1) is 0 Å². The van der Waals surface area contributed by atoms with Crippen LogP contribution >= 0.6 is 0 Å². The van der Waals surface area contributed by atoms with Gasteiger partial charge in [0.1, 0.15) is 0 Å². The van der Waals surface area contributed by atoms with Gasteiger partial charge in [-0.25, -0.2) is 0 Å². The number of piperazine rings is 1. The van der Waals surface area contributed by atoms with Gasteiger partial charge in [-0.2, -0.15) is 0 Å². The Labute approximate surface area is 85.5 Å². The minimum absolute atomic E-state index is 0.0183. The average molecular weight is 200 g/mol. The van der Waals surface area contributed by atoms with Crippen LogP contribution < -0.4 is 0 Å². The van der Waals surface area contributed by atoms with E-state index in [4.69, 9.17) is 5.11 Å². The molecule has 4 nitrogen and oxygen atoms in total. The van der Waals surface area contributed by atoms with Crippen LogP contribution in [-0.2, 0) is 4.79 Å². The Kier molecular flexibility index (Phi) is 4.35. The number of hydrogen-bond acceptors (Lipinski definition) is 3. The van der Waals surface area contributed by atoms with Crippen molar-refractivity contribution in [2.75, 3.05) is 32.8 Å². The molecule has 1 atom stereocenters. The first-order valence-corrected chi connectivity index (χ1v) is 5.34. The summed E-state index contributed by atoms with van der Waals surface area (Å²) in [7, 11) is 0. The second kappa shape index (κ2) is 5.32. The molecule has 0 saturated carbocycles. The van der Waals surface area contributed by atoms with Crippen molar-refractivity contribution < 1.29 is 9.90 Å². The highest BCUT2D eigenvalue weighted by atomic mass is 16.3. The highest BCUT2D eigenvalue weighted by molar-refractivity contribution is 5.82. The fourth-order valence-electron chi connectivity index (χ4n) is 1.87. The fourth-order valence-corrected chi connectivity index (χ4v) is 1.87. The smallest absolute Gasteiger partial charge is 0.239 e. The van der Waals surface area contributed by atoms with E-state index in [1.807, 2.05) is 18.7 Å². The van der Waals surface area contributed by atoms with Crippen molar-refractivity contribution in [3.63, 3.8) is 0 Å². The Hall–Kier alpha value is -0.610. The van der Waals surface area contributed by atoms with Crippen molar-refractivity contribution >= 4 is 5.91 Å². The van der Waals surface area contributed by atoms with E-state index in [0.29, 0.717) is 0 Å². The van der Waals surface area contributed by atoms with Gasteiger partial charge in [0.15, 0.2) is 0 Å². The normalized spacial score (nSPS) is 24.4. The second-order valence-electron chi connectivity index (χ2n) is 3.71. The lowest BCUT2D eigenvalue weighted by Gasteiger charge is -2.38. The summed E-state index contributed by atoms with van der Waals surface area (Å²) >= 11 is 0. The molecule has 82 valence electrons. The van der Waals surface area contributed by atoms with Crippen molar-refractivity contribution in [1.29, 1.82) is 0 Å². The number of carbonyl (C=O) groups excluding carboxylic acids is 1. The molecule has 0 aliphatic carbocycles. The highest BCUT2D eigenvalue weighted by Crippen LogP contribution is 2.10. The number of amides is 1. The Morgan fingerprint density at radius 3 is 2.79 bits per heavy atom. The summed E-state index contributed by atoms with van der Waals surface area (Å²) in [6.45, 7) is 7.54. The number of aliphatic hydroxyl groups is 1. The number of carbonyl (C=O) groups is 1. The van der Waals surface area contributed by atoms with Crippen LogP contribution in [0.1, 0.15) is 20.3 Å². The monoisotopic (exact) mass is 200 g/mol. The average Bonchev–Trinajstić information content (AvgIpc) is 2.20. The van der Waals surface area contributed by atoms with Gasteiger partial charge in [0.2, 0.25) is 5.91 Å². The second-order valence-corrected chi connectivity index (χ2v) is 3.71. The molecule has 4 heteroatoms. The first-order valence-electron chi connectivity index (χ1n) is 5.34. The molecule has 0 spiro atoms. The minimum Gasteiger partial charge on any atom is -0.396 e. The molecule has 1 N–H and O–H groups in total. The van der Waals surface area contributed by atoms with Crippen molar-refractivity contribution in [2.45, 2.75) is 26.3 Å². The van der Waals surface area contributed by atoms with E-state index in [0.717, 1.165) is 32.6 Å². The first-order chi connectivity index (χ1) is 6.70. The maximum absolute atomic E-state index is 11.8. The lowest BCUT2D eigenvalue weighted by molar-refractivity contribution is -0.140. The molecule has 1 heterocycles. The summed E-state index contributed by atoms with van der Waals surface area (Å²) in [5.41, 5.74) is 0. The van der Waals surface area contributed by atoms with Gasteiger partial charge in [-0.3, -0.25) is 9.69 Å². The van der Waals surface area contributed by atoms with Gasteiger partial charge in [-0.1, -0.05) is 0 Å². The molecule has 0 aromatic carbocycles. The molecule has 1 aliphatic rings. The summed E-state index contributed by atoms with van der Waals surface area (Å²) in [5, 5.41) is 8.73. The van der Waals surface area contributed by atoms with Crippen LogP contribution in [0.25, 0.3) is 0 Å². The molecule has 1 amide bonds. The summed E-state index contributed by atoms with van der Waals surface area (Å²) in [5.74, 6) is 0.219. The highest BCUT2D eigenvalue weighted by Gasteiger charge is 2.29. The molecule has 1 saturated heterocycles.